The van der Waals surface area contributed by atoms with Gasteiger partial charge in [0.15, 0.2) is 0 Å². The molecule has 4 rings (SSSR count). The van der Waals surface area contributed by atoms with Gasteiger partial charge in [0.2, 0.25) is 0 Å². The highest BCUT2D eigenvalue weighted by atomic mass is 15.2. The Labute approximate surface area is 142 Å². The molecule has 1 aromatic carbocycles. The topological polar surface area (TPSA) is 47.1 Å². The van der Waals surface area contributed by atoms with Crippen molar-refractivity contribution in [1.82, 2.24) is 9.55 Å². The van der Waals surface area contributed by atoms with Crippen LogP contribution in [0, 0.1) is 0 Å². The van der Waals surface area contributed by atoms with Crippen molar-refractivity contribution in [3.63, 3.8) is 0 Å². The fourth-order valence-corrected chi connectivity index (χ4v) is 3.79. The van der Waals surface area contributed by atoms with E-state index >= 15 is 0 Å². The van der Waals surface area contributed by atoms with E-state index in [9.17, 15) is 0 Å². The Morgan fingerprint density at radius 3 is 2.62 bits per heavy atom. The standard InChI is InChI=1S/C20H24N4/c1-23(2)18-12-16(21)19-15-10-6-7-11-17(15)24(20(19)22-18)13-14-8-4-3-5-9-14/h3-5,8-9,12H,6-7,10-11,13H2,1-2H3,(H2,21,22). The molecule has 0 fully saturated rings. The first-order chi connectivity index (χ1) is 11.6. The van der Waals surface area contributed by atoms with Crippen LogP contribution in [0.25, 0.3) is 11.0 Å². The van der Waals surface area contributed by atoms with Crippen LogP contribution < -0.4 is 10.6 Å². The predicted molar refractivity (Wildman–Crippen MR) is 101 cm³/mol. The summed E-state index contributed by atoms with van der Waals surface area (Å²) in [7, 11) is 4.02. The Morgan fingerprint density at radius 1 is 1.12 bits per heavy atom. The molecule has 1 aliphatic rings. The minimum absolute atomic E-state index is 0.855. The Balaban J connectivity index is 1.96. The molecule has 24 heavy (non-hydrogen) atoms. The zero-order valence-corrected chi connectivity index (χ0v) is 14.4. The van der Waals surface area contributed by atoms with Gasteiger partial charge in [0.1, 0.15) is 11.5 Å². The van der Waals surface area contributed by atoms with Gasteiger partial charge in [-0.05, 0) is 36.8 Å². The van der Waals surface area contributed by atoms with Crippen LogP contribution in [0.2, 0.25) is 0 Å². The summed E-state index contributed by atoms with van der Waals surface area (Å²) in [6.07, 6.45) is 4.72. The van der Waals surface area contributed by atoms with Gasteiger partial charge in [-0.15, -0.1) is 0 Å². The van der Waals surface area contributed by atoms with Crippen LogP contribution in [0.4, 0.5) is 11.5 Å². The number of anilines is 2. The zero-order valence-electron chi connectivity index (χ0n) is 14.4. The van der Waals surface area contributed by atoms with Crippen LogP contribution in [-0.2, 0) is 19.4 Å². The lowest BCUT2D eigenvalue weighted by atomic mass is 9.95. The molecule has 0 aliphatic heterocycles. The van der Waals surface area contributed by atoms with Crippen molar-refractivity contribution in [1.29, 1.82) is 0 Å². The van der Waals surface area contributed by atoms with Gasteiger partial charge in [0, 0.05) is 43.5 Å². The van der Waals surface area contributed by atoms with Gasteiger partial charge in [-0.25, -0.2) is 4.98 Å². The van der Waals surface area contributed by atoms with Crippen LogP contribution in [0.1, 0.15) is 29.7 Å². The average Bonchev–Trinajstić information content (AvgIpc) is 2.90. The second-order valence-corrected chi connectivity index (χ2v) is 6.87. The maximum absolute atomic E-state index is 6.45. The molecule has 0 saturated heterocycles. The molecule has 1 aliphatic carbocycles. The van der Waals surface area contributed by atoms with Crippen molar-refractivity contribution in [2.24, 2.45) is 0 Å². The molecule has 0 amide bonds. The molecule has 4 heteroatoms. The summed E-state index contributed by atoms with van der Waals surface area (Å²) in [5.41, 5.74) is 12.5. The van der Waals surface area contributed by atoms with Crippen LogP contribution in [0.15, 0.2) is 36.4 Å². The molecule has 2 heterocycles. The van der Waals surface area contributed by atoms with Crippen molar-refractivity contribution in [2.45, 2.75) is 32.2 Å². The smallest absolute Gasteiger partial charge is 0.145 e. The number of pyridine rings is 1. The fourth-order valence-electron chi connectivity index (χ4n) is 3.79. The number of nitrogens with two attached hydrogens (primary N) is 1. The van der Waals surface area contributed by atoms with Gasteiger partial charge in [-0.2, -0.15) is 0 Å². The van der Waals surface area contributed by atoms with E-state index in [4.69, 9.17) is 10.7 Å². The number of nitrogens with zero attached hydrogens (tertiary/aromatic N) is 3. The maximum Gasteiger partial charge on any atom is 0.145 e. The lowest BCUT2D eigenvalue weighted by Gasteiger charge is -2.16. The third kappa shape index (κ3) is 2.42. The van der Waals surface area contributed by atoms with E-state index < -0.39 is 0 Å². The number of rotatable bonds is 3. The third-order valence-electron chi connectivity index (χ3n) is 4.98. The van der Waals surface area contributed by atoms with Crippen LogP contribution in [0.5, 0.6) is 0 Å². The number of hydrogen-bond donors (Lipinski definition) is 1. The highest BCUT2D eigenvalue weighted by molar-refractivity contribution is 5.95. The molecule has 2 N–H and O–H groups in total. The number of nitrogen functional groups attached to an aromatic ring is 1. The molecule has 0 saturated carbocycles. The predicted octanol–water partition coefficient (Wildman–Crippen LogP) is 3.61. The van der Waals surface area contributed by atoms with Gasteiger partial charge in [-0.3, -0.25) is 0 Å². The first-order valence-corrected chi connectivity index (χ1v) is 8.67. The Bertz CT molecular complexity index is 878. The van der Waals surface area contributed by atoms with Crippen LogP contribution in [0.3, 0.4) is 0 Å². The second-order valence-electron chi connectivity index (χ2n) is 6.87. The highest BCUT2D eigenvalue weighted by Crippen LogP contribution is 2.36. The van der Waals surface area contributed by atoms with Crippen molar-refractivity contribution < 1.29 is 0 Å². The van der Waals surface area contributed by atoms with Crippen molar-refractivity contribution in [3.8, 4) is 0 Å². The Hall–Kier alpha value is -2.49. The summed E-state index contributed by atoms with van der Waals surface area (Å²) in [5.74, 6) is 0.921. The summed E-state index contributed by atoms with van der Waals surface area (Å²) < 4.78 is 2.39. The summed E-state index contributed by atoms with van der Waals surface area (Å²) in [6, 6.07) is 12.6. The monoisotopic (exact) mass is 320 g/mol. The van der Waals surface area contributed by atoms with Crippen LogP contribution >= 0.6 is 0 Å². The van der Waals surface area contributed by atoms with Crippen molar-refractivity contribution >= 4 is 22.5 Å². The molecule has 0 spiro atoms. The molecule has 0 bridgehead atoms. The van der Waals surface area contributed by atoms with E-state index in [1.165, 1.54) is 35.0 Å². The molecular weight excluding hydrogens is 296 g/mol. The Kier molecular flexibility index (Phi) is 3.68. The molecule has 0 radical (unpaired) electrons. The van der Waals surface area contributed by atoms with Crippen molar-refractivity contribution in [3.05, 3.63) is 53.2 Å². The normalized spacial score (nSPS) is 13.9. The SMILES string of the molecule is CN(C)c1cc(N)c2c3c(n(Cc4ccccc4)c2n1)CCCC3. The molecule has 2 aromatic heterocycles. The fraction of sp³-hybridized carbons (Fsp3) is 0.350. The van der Waals surface area contributed by atoms with Crippen molar-refractivity contribution in [2.75, 3.05) is 24.7 Å². The maximum atomic E-state index is 6.45. The molecule has 124 valence electrons. The minimum atomic E-state index is 0.855. The second kappa shape index (κ2) is 5.86. The van der Waals surface area contributed by atoms with Gasteiger partial charge in [-0.1, -0.05) is 30.3 Å². The number of hydrogen-bond acceptors (Lipinski definition) is 3. The van der Waals surface area contributed by atoms with E-state index in [1.807, 2.05) is 25.1 Å². The van der Waals surface area contributed by atoms with Crippen LogP contribution in [-0.4, -0.2) is 23.6 Å². The number of aryl methyl sites for hydroxylation is 1. The minimum Gasteiger partial charge on any atom is -0.398 e. The third-order valence-corrected chi connectivity index (χ3v) is 4.98. The summed E-state index contributed by atoms with van der Waals surface area (Å²) in [6.45, 7) is 0.857. The largest absolute Gasteiger partial charge is 0.398 e. The highest BCUT2D eigenvalue weighted by Gasteiger charge is 2.23. The first-order valence-electron chi connectivity index (χ1n) is 8.67. The molecule has 4 nitrogen and oxygen atoms in total. The van der Waals surface area contributed by atoms with E-state index in [0.29, 0.717) is 0 Å². The lowest BCUT2D eigenvalue weighted by molar-refractivity contribution is 0.636. The van der Waals surface area contributed by atoms with E-state index in [0.717, 1.165) is 36.5 Å². The Morgan fingerprint density at radius 2 is 1.88 bits per heavy atom. The zero-order chi connectivity index (χ0) is 16.7. The average molecular weight is 320 g/mol. The summed E-state index contributed by atoms with van der Waals surface area (Å²) in [4.78, 5) is 6.97. The molecule has 0 atom stereocenters. The number of fused-ring (bicyclic) bond motifs is 3. The quantitative estimate of drug-likeness (QED) is 0.802. The molecule has 0 unspecified atom stereocenters. The van der Waals surface area contributed by atoms with Gasteiger partial charge >= 0.3 is 0 Å². The summed E-state index contributed by atoms with van der Waals surface area (Å²) in [5, 5.41) is 1.17. The van der Waals surface area contributed by atoms with E-state index in [1.54, 1.807) is 0 Å². The number of aromatic nitrogens is 2. The van der Waals surface area contributed by atoms with Gasteiger partial charge in [0.05, 0.1) is 0 Å². The molecular formula is C20H24N4. The lowest BCUT2D eigenvalue weighted by Crippen LogP contribution is -2.12. The van der Waals surface area contributed by atoms with E-state index in [-0.39, 0.29) is 0 Å². The first kappa shape index (κ1) is 15.1. The summed E-state index contributed by atoms with van der Waals surface area (Å²) >= 11 is 0. The van der Waals surface area contributed by atoms with E-state index in [2.05, 4.69) is 34.9 Å². The number of benzene rings is 1. The van der Waals surface area contributed by atoms with Gasteiger partial charge < -0.3 is 15.2 Å². The molecule has 3 aromatic rings. The van der Waals surface area contributed by atoms with Gasteiger partial charge in [0.25, 0.3) is 0 Å².